The smallest absolute Gasteiger partial charge is 0.373 e. The number of aromatic nitrogens is 2. The summed E-state index contributed by atoms with van der Waals surface area (Å²) in [5.74, 6) is -0.379. The topological polar surface area (TPSA) is 76.0 Å². The Morgan fingerprint density at radius 3 is 2.68 bits per heavy atom. The van der Waals surface area contributed by atoms with Crippen LogP contribution in [0.2, 0.25) is 5.02 Å². The maximum absolute atomic E-state index is 12.1. The molecule has 0 aromatic carbocycles. The van der Waals surface area contributed by atoms with E-state index in [1.807, 2.05) is 0 Å². The Bertz CT molecular complexity index is 529. The normalized spacial score (nSPS) is 11.2. The standard InChI is InChI=1S/C9H10ClF3N4O2/c1-14-6(18)3-15-5-2-16-17(4-9(11,12)13)8(19)7(5)10/h2,15H,3-4H2,1H3,(H,14,18). The average Bonchev–Trinajstić information content (AvgIpc) is 2.32. The summed E-state index contributed by atoms with van der Waals surface area (Å²) in [6.45, 7) is -1.71. The second-order valence-corrected chi connectivity index (χ2v) is 3.85. The fourth-order valence-corrected chi connectivity index (χ4v) is 1.35. The number of amides is 1. The minimum absolute atomic E-state index is 0.00584. The van der Waals surface area contributed by atoms with Crippen LogP contribution in [0.1, 0.15) is 0 Å². The zero-order valence-corrected chi connectivity index (χ0v) is 10.5. The maximum atomic E-state index is 12.1. The number of alkyl halides is 3. The highest BCUT2D eigenvalue weighted by molar-refractivity contribution is 6.33. The molecule has 1 heterocycles. The molecule has 0 unspecified atom stereocenters. The van der Waals surface area contributed by atoms with E-state index in [-0.39, 0.29) is 22.8 Å². The molecule has 0 saturated heterocycles. The number of nitrogens with one attached hydrogen (secondary N) is 2. The van der Waals surface area contributed by atoms with Gasteiger partial charge in [0.15, 0.2) is 0 Å². The summed E-state index contributed by atoms with van der Waals surface area (Å²) in [6.07, 6.45) is -3.62. The lowest BCUT2D eigenvalue weighted by Gasteiger charge is -2.11. The summed E-state index contributed by atoms with van der Waals surface area (Å²) < 4.78 is 36.6. The van der Waals surface area contributed by atoms with Gasteiger partial charge < -0.3 is 10.6 Å². The van der Waals surface area contributed by atoms with E-state index in [9.17, 15) is 22.8 Å². The first-order chi connectivity index (χ1) is 8.74. The van der Waals surface area contributed by atoms with Crippen LogP contribution >= 0.6 is 11.6 Å². The van der Waals surface area contributed by atoms with Crippen LogP contribution < -0.4 is 16.2 Å². The van der Waals surface area contributed by atoms with Crippen LogP contribution in [0.5, 0.6) is 0 Å². The average molecular weight is 299 g/mol. The molecule has 1 aromatic heterocycles. The van der Waals surface area contributed by atoms with Crippen molar-refractivity contribution in [1.82, 2.24) is 15.1 Å². The lowest BCUT2D eigenvalue weighted by molar-refractivity contribution is -0.143. The summed E-state index contributed by atoms with van der Waals surface area (Å²) in [7, 11) is 1.41. The van der Waals surface area contributed by atoms with Crippen LogP contribution in [-0.4, -0.2) is 35.5 Å². The van der Waals surface area contributed by atoms with Crippen molar-refractivity contribution in [2.75, 3.05) is 18.9 Å². The fraction of sp³-hybridized carbons (Fsp3) is 0.444. The number of nitrogens with zero attached hydrogens (tertiary/aromatic N) is 2. The molecule has 0 radical (unpaired) electrons. The lowest BCUT2D eigenvalue weighted by atomic mass is 10.4. The highest BCUT2D eigenvalue weighted by Crippen LogP contribution is 2.18. The van der Waals surface area contributed by atoms with Crippen molar-refractivity contribution in [3.8, 4) is 0 Å². The monoisotopic (exact) mass is 298 g/mol. The third kappa shape index (κ3) is 4.43. The van der Waals surface area contributed by atoms with Crippen molar-refractivity contribution in [1.29, 1.82) is 0 Å². The molecule has 0 bridgehead atoms. The first-order valence-electron chi connectivity index (χ1n) is 5.01. The molecule has 0 atom stereocenters. The molecule has 0 aliphatic heterocycles. The number of hydrogen-bond acceptors (Lipinski definition) is 4. The van der Waals surface area contributed by atoms with Crippen LogP contribution in [0.25, 0.3) is 0 Å². The van der Waals surface area contributed by atoms with Gasteiger partial charge in [-0.15, -0.1) is 0 Å². The van der Waals surface area contributed by atoms with Gasteiger partial charge in [-0.25, -0.2) is 4.68 Å². The van der Waals surface area contributed by atoms with Crippen LogP contribution in [0.3, 0.4) is 0 Å². The number of halogens is 4. The number of hydrogen-bond donors (Lipinski definition) is 2. The van der Waals surface area contributed by atoms with Gasteiger partial charge in [-0.3, -0.25) is 9.59 Å². The quantitative estimate of drug-likeness (QED) is 0.854. The minimum atomic E-state index is -4.57. The second-order valence-electron chi connectivity index (χ2n) is 3.48. The Kier molecular flexibility index (Phi) is 4.76. The second kappa shape index (κ2) is 5.91. The first kappa shape index (κ1) is 15.3. The third-order valence-electron chi connectivity index (χ3n) is 2.03. The molecule has 106 valence electrons. The molecule has 0 saturated carbocycles. The van der Waals surface area contributed by atoms with Gasteiger partial charge in [0.2, 0.25) is 5.91 Å². The maximum Gasteiger partial charge on any atom is 0.408 e. The number of carbonyl (C=O) groups excluding carboxylic acids is 1. The van der Waals surface area contributed by atoms with Crippen molar-refractivity contribution < 1.29 is 18.0 Å². The van der Waals surface area contributed by atoms with Crippen molar-refractivity contribution in [3.63, 3.8) is 0 Å². The molecule has 0 aliphatic rings. The van der Waals surface area contributed by atoms with Crippen LogP contribution in [-0.2, 0) is 11.3 Å². The minimum Gasteiger partial charge on any atom is -0.373 e. The molecule has 0 aliphatic carbocycles. The summed E-state index contributed by atoms with van der Waals surface area (Å²) in [5, 5.41) is 7.69. The zero-order chi connectivity index (χ0) is 14.6. The van der Waals surface area contributed by atoms with Gasteiger partial charge in [0, 0.05) is 7.05 Å². The highest BCUT2D eigenvalue weighted by atomic mass is 35.5. The molecule has 1 aromatic rings. The largest absolute Gasteiger partial charge is 0.408 e. The molecular weight excluding hydrogens is 289 g/mol. The van der Waals surface area contributed by atoms with E-state index in [4.69, 9.17) is 11.6 Å². The van der Waals surface area contributed by atoms with Crippen molar-refractivity contribution in [3.05, 3.63) is 21.6 Å². The Hall–Kier alpha value is -1.77. The summed E-state index contributed by atoms with van der Waals surface area (Å²) in [6, 6.07) is 0. The third-order valence-corrected chi connectivity index (χ3v) is 2.40. The molecule has 2 N–H and O–H groups in total. The Labute approximate surface area is 110 Å². The SMILES string of the molecule is CNC(=O)CNc1cnn(CC(F)(F)F)c(=O)c1Cl. The van der Waals surface area contributed by atoms with E-state index in [1.165, 1.54) is 7.05 Å². The van der Waals surface area contributed by atoms with Crippen LogP contribution in [0, 0.1) is 0 Å². The zero-order valence-electron chi connectivity index (χ0n) is 9.71. The van der Waals surface area contributed by atoms with Gasteiger partial charge >= 0.3 is 6.18 Å². The molecule has 6 nitrogen and oxygen atoms in total. The molecule has 1 amide bonds. The number of likely N-dealkylation sites (N-methyl/N-ethyl adjacent to an activating group) is 1. The molecule has 0 spiro atoms. The molecule has 10 heteroatoms. The van der Waals surface area contributed by atoms with E-state index in [0.717, 1.165) is 6.20 Å². The van der Waals surface area contributed by atoms with Gasteiger partial charge in [0.25, 0.3) is 5.56 Å². The van der Waals surface area contributed by atoms with Gasteiger partial charge in [-0.05, 0) is 0 Å². The summed E-state index contributed by atoms with van der Waals surface area (Å²) in [5.41, 5.74) is -1.09. The summed E-state index contributed by atoms with van der Waals surface area (Å²) in [4.78, 5) is 22.5. The van der Waals surface area contributed by atoms with E-state index in [1.54, 1.807) is 0 Å². The Morgan fingerprint density at radius 1 is 1.53 bits per heavy atom. The summed E-state index contributed by atoms with van der Waals surface area (Å²) >= 11 is 5.62. The molecule has 19 heavy (non-hydrogen) atoms. The van der Waals surface area contributed by atoms with E-state index < -0.39 is 23.3 Å². The molecule has 1 rings (SSSR count). The Morgan fingerprint density at radius 2 is 2.16 bits per heavy atom. The van der Waals surface area contributed by atoms with E-state index >= 15 is 0 Å². The van der Waals surface area contributed by atoms with Crippen LogP contribution in [0.15, 0.2) is 11.0 Å². The van der Waals surface area contributed by atoms with Crippen molar-refractivity contribution in [2.24, 2.45) is 0 Å². The molecular formula is C9H10ClF3N4O2. The predicted molar refractivity (Wildman–Crippen MR) is 62.1 cm³/mol. The van der Waals surface area contributed by atoms with Crippen molar-refractivity contribution >= 4 is 23.2 Å². The van der Waals surface area contributed by atoms with Gasteiger partial charge in [0.1, 0.15) is 11.6 Å². The van der Waals surface area contributed by atoms with Crippen molar-refractivity contribution in [2.45, 2.75) is 12.7 Å². The van der Waals surface area contributed by atoms with Crippen LogP contribution in [0.4, 0.5) is 18.9 Å². The Balaban J connectivity index is 2.92. The first-order valence-corrected chi connectivity index (χ1v) is 5.39. The lowest BCUT2D eigenvalue weighted by Crippen LogP contribution is -2.32. The van der Waals surface area contributed by atoms with Gasteiger partial charge in [-0.2, -0.15) is 18.3 Å². The predicted octanol–water partition coefficient (Wildman–Crippen LogP) is 0.617. The fourth-order valence-electron chi connectivity index (χ4n) is 1.13. The highest BCUT2D eigenvalue weighted by Gasteiger charge is 2.29. The number of rotatable bonds is 4. The van der Waals surface area contributed by atoms with Gasteiger partial charge in [0.05, 0.1) is 18.4 Å². The van der Waals surface area contributed by atoms with E-state index in [0.29, 0.717) is 0 Å². The number of anilines is 1. The van der Waals surface area contributed by atoms with E-state index in [2.05, 4.69) is 15.7 Å². The molecule has 0 fully saturated rings. The number of carbonyl (C=O) groups is 1. The van der Waals surface area contributed by atoms with Gasteiger partial charge in [-0.1, -0.05) is 11.6 Å².